The number of imide groups is 1. The summed E-state index contributed by atoms with van der Waals surface area (Å²) >= 11 is 6.63. The minimum Gasteiger partial charge on any atom is -0.494 e. The zero-order valence-electron chi connectivity index (χ0n) is 32.9. The monoisotopic (exact) mass is 835 g/mol. The summed E-state index contributed by atoms with van der Waals surface area (Å²) in [6, 6.07) is 10.0. The van der Waals surface area contributed by atoms with E-state index in [-0.39, 0.29) is 36.2 Å². The fourth-order valence-electron chi connectivity index (χ4n) is 9.06. The number of carbonyl (C=O) groups is 3. The maximum absolute atomic E-state index is 13.5. The molecule has 1 atom stereocenters. The number of nitrogens with zero attached hydrogens (tertiary/aromatic N) is 7. The number of aromatic nitrogens is 5. The maximum Gasteiger partial charge on any atom is 0.433 e. The van der Waals surface area contributed by atoms with Gasteiger partial charge in [0.05, 0.1) is 41.1 Å². The van der Waals surface area contributed by atoms with Crippen molar-refractivity contribution in [2.45, 2.75) is 75.7 Å². The van der Waals surface area contributed by atoms with Gasteiger partial charge in [0.25, 0.3) is 5.91 Å². The average Bonchev–Trinajstić information content (AvgIpc) is 3.74. The van der Waals surface area contributed by atoms with Crippen molar-refractivity contribution in [2.24, 2.45) is 13.0 Å². The highest BCUT2D eigenvalue weighted by Gasteiger charge is 2.35. The van der Waals surface area contributed by atoms with Crippen LogP contribution < -0.4 is 26.0 Å². The molecule has 59 heavy (non-hydrogen) atoms. The quantitative estimate of drug-likeness (QED) is 0.163. The molecule has 3 fully saturated rings. The Labute approximate surface area is 342 Å². The van der Waals surface area contributed by atoms with Crippen LogP contribution in [0, 0.1) is 5.92 Å². The molecule has 2 saturated heterocycles. The van der Waals surface area contributed by atoms with Crippen LogP contribution in [0.4, 0.5) is 24.5 Å². The van der Waals surface area contributed by atoms with E-state index in [1.165, 1.54) is 17.7 Å². The van der Waals surface area contributed by atoms with Gasteiger partial charge >= 0.3 is 11.9 Å². The number of hydrogen-bond donors (Lipinski definition) is 2. The summed E-state index contributed by atoms with van der Waals surface area (Å²) in [5.74, 6) is -0.751. The van der Waals surface area contributed by atoms with Gasteiger partial charge in [-0.3, -0.25) is 33.5 Å². The Morgan fingerprint density at radius 1 is 1.03 bits per heavy atom. The zero-order valence-corrected chi connectivity index (χ0v) is 33.6. The van der Waals surface area contributed by atoms with Crippen LogP contribution in [0.3, 0.4) is 0 Å². The number of alkyl halides is 3. The third kappa shape index (κ3) is 8.01. The molecule has 14 nitrogen and oxygen atoms in total. The lowest BCUT2D eigenvalue weighted by atomic mass is 9.85. The van der Waals surface area contributed by atoms with Crippen molar-refractivity contribution < 1.29 is 32.3 Å². The third-order valence-electron chi connectivity index (χ3n) is 12.2. The molecule has 3 aromatic heterocycles. The molecule has 0 radical (unpaired) electrons. The lowest BCUT2D eigenvalue weighted by molar-refractivity contribution is -0.141. The van der Waals surface area contributed by atoms with Crippen molar-refractivity contribution in [1.82, 2.24) is 34.1 Å². The highest BCUT2D eigenvalue weighted by molar-refractivity contribution is 6.31. The van der Waals surface area contributed by atoms with Gasteiger partial charge < -0.3 is 19.9 Å². The van der Waals surface area contributed by atoms with E-state index >= 15 is 0 Å². The molecule has 0 bridgehead atoms. The molecular weight excluding hydrogens is 791 g/mol. The number of nitrogens with one attached hydrogen (secondary N) is 2. The number of fused-ring (bicyclic) bond motifs is 2. The normalized spacial score (nSPS) is 20.7. The Morgan fingerprint density at radius 2 is 1.78 bits per heavy atom. The van der Waals surface area contributed by atoms with Crippen LogP contribution in [0.5, 0.6) is 5.75 Å². The molecule has 5 heterocycles. The number of carbonyl (C=O) groups excluding carboxylic acids is 3. The van der Waals surface area contributed by atoms with Crippen molar-refractivity contribution in [3.8, 4) is 5.75 Å². The summed E-state index contributed by atoms with van der Waals surface area (Å²) < 4.78 is 50.1. The molecule has 5 aromatic rings. The Balaban J connectivity index is 0.875. The largest absolute Gasteiger partial charge is 0.494 e. The summed E-state index contributed by atoms with van der Waals surface area (Å²) in [4.78, 5) is 59.2. The smallest absolute Gasteiger partial charge is 0.433 e. The minimum atomic E-state index is -4.67. The van der Waals surface area contributed by atoms with Crippen LogP contribution in [0.2, 0.25) is 5.02 Å². The molecule has 1 unspecified atom stereocenters. The van der Waals surface area contributed by atoms with Crippen molar-refractivity contribution in [3.05, 3.63) is 75.6 Å². The second kappa shape index (κ2) is 16.0. The molecular formula is C41H45ClF3N9O5. The molecule has 3 aliphatic rings. The fourth-order valence-corrected chi connectivity index (χ4v) is 9.26. The molecule has 3 amide bonds. The maximum atomic E-state index is 13.5. The molecule has 312 valence electrons. The first-order chi connectivity index (χ1) is 28.2. The predicted molar refractivity (Wildman–Crippen MR) is 216 cm³/mol. The van der Waals surface area contributed by atoms with Crippen molar-refractivity contribution in [3.63, 3.8) is 0 Å². The number of amides is 3. The first kappa shape index (κ1) is 40.4. The van der Waals surface area contributed by atoms with Gasteiger partial charge in [-0.25, -0.2) is 9.78 Å². The second-order valence-electron chi connectivity index (χ2n) is 15.9. The average molecular weight is 836 g/mol. The number of piperidine rings is 2. The van der Waals surface area contributed by atoms with Gasteiger partial charge in [-0.1, -0.05) is 17.7 Å². The standard InChI is InChI=1S/C41H45ClF3N9O5/c1-50(26-13-15-52(16-14-26)32-18-25(42)19-33-37(32)51(2)40(58)54(33)31-11-12-36(55)48-39(31)57)21-23-7-9-27(10-8-23)53-22-24-17-30(34(59-3)20-29(24)49-53)47-38(56)28-5-4-6-35(46-28)41(43,44)45/h4-6,17-20,22-23,26-27,31H,7-16,21H2,1-3H3,(H,47,56)(H,48,55,57). The summed E-state index contributed by atoms with van der Waals surface area (Å²) in [7, 11) is 5.35. The van der Waals surface area contributed by atoms with E-state index in [1.807, 2.05) is 16.9 Å². The predicted octanol–water partition coefficient (Wildman–Crippen LogP) is 6.33. The van der Waals surface area contributed by atoms with E-state index in [0.717, 1.165) is 86.9 Å². The number of methoxy groups -OCH3 is 1. The van der Waals surface area contributed by atoms with Gasteiger partial charge in [-0.05, 0) is 88.2 Å². The molecule has 2 N–H and O–H groups in total. The molecule has 2 aromatic carbocycles. The number of halogens is 4. The summed E-state index contributed by atoms with van der Waals surface area (Å²) in [6.45, 7) is 2.53. The Kier molecular flexibility index (Phi) is 10.9. The Bertz CT molecular complexity index is 2500. The number of pyridine rings is 1. The highest BCUT2D eigenvalue weighted by Crippen LogP contribution is 2.38. The van der Waals surface area contributed by atoms with Gasteiger partial charge in [-0.15, -0.1) is 0 Å². The van der Waals surface area contributed by atoms with Gasteiger partial charge in [0.2, 0.25) is 11.8 Å². The minimum absolute atomic E-state index is 0.163. The first-order valence-corrected chi connectivity index (χ1v) is 20.2. The molecule has 8 rings (SSSR count). The lowest BCUT2D eigenvalue weighted by Gasteiger charge is -2.40. The number of benzene rings is 2. The number of hydrogen-bond acceptors (Lipinski definition) is 9. The van der Waals surface area contributed by atoms with Gasteiger partial charge in [-0.2, -0.15) is 18.3 Å². The second-order valence-corrected chi connectivity index (χ2v) is 16.3. The number of aryl methyl sites for hydroxylation is 1. The van der Waals surface area contributed by atoms with Crippen LogP contribution in [-0.4, -0.2) is 86.4 Å². The molecule has 0 spiro atoms. The fraction of sp³-hybridized carbons (Fsp3) is 0.463. The topological polar surface area (TPSA) is 149 Å². The zero-order chi connectivity index (χ0) is 41.7. The van der Waals surface area contributed by atoms with Crippen molar-refractivity contribution >= 4 is 62.6 Å². The number of rotatable bonds is 9. The van der Waals surface area contributed by atoms with E-state index in [9.17, 15) is 32.3 Å². The van der Waals surface area contributed by atoms with Crippen LogP contribution in [0.15, 0.2) is 53.5 Å². The van der Waals surface area contributed by atoms with Gasteiger partial charge in [0, 0.05) is 61.8 Å². The van der Waals surface area contributed by atoms with Crippen LogP contribution in [0.25, 0.3) is 21.9 Å². The van der Waals surface area contributed by atoms with Gasteiger partial charge in [0.1, 0.15) is 23.2 Å². The van der Waals surface area contributed by atoms with E-state index in [1.54, 1.807) is 29.8 Å². The first-order valence-electron chi connectivity index (χ1n) is 19.8. The SMILES string of the molecule is COc1cc2nn(C3CCC(CN(C)C4CCN(c5cc(Cl)cc6c5n(C)c(=O)n6C5CCC(=O)NC5=O)CC4)CC3)cc2cc1NC(=O)c1cccc(C(F)(F)F)n1. The summed E-state index contributed by atoms with van der Waals surface area (Å²) in [6.07, 6.45) is 3.53. The molecule has 18 heteroatoms. The van der Waals surface area contributed by atoms with Crippen LogP contribution in [-0.2, 0) is 22.8 Å². The lowest BCUT2D eigenvalue weighted by Crippen LogP contribution is -2.45. The summed E-state index contributed by atoms with van der Waals surface area (Å²) in [5, 5.41) is 11.1. The molecule has 1 aliphatic carbocycles. The van der Waals surface area contributed by atoms with Crippen LogP contribution >= 0.6 is 11.6 Å². The summed E-state index contributed by atoms with van der Waals surface area (Å²) in [5.41, 5.74) is 1.30. The van der Waals surface area contributed by atoms with E-state index < -0.39 is 29.7 Å². The number of anilines is 2. The third-order valence-corrected chi connectivity index (χ3v) is 12.4. The number of imidazole rings is 1. The molecule has 1 saturated carbocycles. The van der Waals surface area contributed by atoms with Crippen LogP contribution in [0.1, 0.15) is 79.6 Å². The molecule has 2 aliphatic heterocycles. The highest BCUT2D eigenvalue weighted by atomic mass is 35.5. The number of ether oxygens (including phenoxy) is 1. The van der Waals surface area contributed by atoms with Crippen molar-refractivity contribution in [1.29, 1.82) is 0 Å². The van der Waals surface area contributed by atoms with E-state index in [2.05, 4.69) is 32.5 Å². The Hall–Kier alpha value is -5.42. The van der Waals surface area contributed by atoms with E-state index in [0.29, 0.717) is 39.5 Å². The Morgan fingerprint density at radius 3 is 2.47 bits per heavy atom. The van der Waals surface area contributed by atoms with Crippen molar-refractivity contribution in [2.75, 3.05) is 44.0 Å². The van der Waals surface area contributed by atoms with E-state index in [4.69, 9.17) is 21.4 Å². The van der Waals surface area contributed by atoms with Gasteiger partial charge in [0.15, 0.2) is 0 Å².